The molecule has 8 heteroatoms. The van der Waals surface area contributed by atoms with E-state index in [1.165, 1.54) is 0 Å². The number of rotatable bonds is 7. The van der Waals surface area contributed by atoms with Crippen LogP contribution in [0.2, 0.25) is 0 Å². The number of anilines is 1. The summed E-state index contributed by atoms with van der Waals surface area (Å²) < 4.78 is 7.29. The van der Waals surface area contributed by atoms with Gasteiger partial charge in [0, 0.05) is 62.5 Å². The molecule has 0 aliphatic carbocycles. The van der Waals surface area contributed by atoms with Gasteiger partial charge in [-0.15, -0.1) is 0 Å². The van der Waals surface area contributed by atoms with E-state index in [1.54, 1.807) is 30.2 Å². The monoisotopic (exact) mass is 435 g/mol. The average molecular weight is 436 g/mol. The Kier molecular flexibility index (Phi) is 7.33. The Labute approximate surface area is 188 Å². The van der Waals surface area contributed by atoms with Crippen LogP contribution in [0, 0.1) is 25.2 Å². The first-order valence-electron chi connectivity index (χ1n) is 10.6. The molecule has 1 aliphatic heterocycles. The molecule has 0 atom stereocenters. The molecule has 1 saturated heterocycles. The third-order valence-corrected chi connectivity index (χ3v) is 5.87. The van der Waals surface area contributed by atoms with Crippen molar-refractivity contribution in [1.29, 1.82) is 5.26 Å². The zero-order chi connectivity index (χ0) is 23.3. The van der Waals surface area contributed by atoms with Crippen LogP contribution in [-0.2, 0) is 16.1 Å². The van der Waals surface area contributed by atoms with Gasteiger partial charge in [-0.2, -0.15) is 5.26 Å². The van der Waals surface area contributed by atoms with Crippen molar-refractivity contribution in [3.63, 3.8) is 0 Å². The number of methoxy groups -OCH3 is 1. The van der Waals surface area contributed by atoms with Crippen molar-refractivity contribution >= 4 is 23.6 Å². The van der Waals surface area contributed by atoms with E-state index in [2.05, 4.69) is 15.5 Å². The van der Waals surface area contributed by atoms with Crippen molar-refractivity contribution in [3.8, 4) is 6.07 Å². The third-order valence-electron chi connectivity index (χ3n) is 5.87. The second kappa shape index (κ2) is 10.2. The number of hydrogen-bond acceptors (Lipinski definition) is 5. The van der Waals surface area contributed by atoms with Gasteiger partial charge < -0.3 is 24.8 Å². The second-order valence-corrected chi connectivity index (χ2v) is 7.83. The molecule has 1 fully saturated rings. The minimum Gasteiger partial charge on any atom is -0.383 e. The summed E-state index contributed by atoms with van der Waals surface area (Å²) in [5.74, 6) is -0.708. The van der Waals surface area contributed by atoms with Crippen LogP contribution < -0.4 is 10.6 Å². The number of aromatic nitrogens is 1. The van der Waals surface area contributed by atoms with E-state index >= 15 is 0 Å². The zero-order valence-electron chi connectivity index (χ0n) is 18.8. The van der Waals surface area contributed by atoms with Crippen molar-refractivity contribution in [2.75, 3.05) is 44.8 Å². The number of carbonyl (C=O) groups excluding carboxylic acids is 2. The Morgan fingerprint density at radius 3 is 2.38 bits per heavy atom. The zero-order valence-corrected chi connectivity index (χ0v) is 18.8. The van der Waals surface area contributed by atoms with Gasteiger partial charge in [-0.1, -0.05) is 0 Å². The van der Waals surface area contributed by atoms with E-state index in [9.17, 15) is 14.9 Å². The number of nitriles is 1. The van der Waals surface area contributed by atoms with Crippen molar-refractivity contribution in [2.24, 2.45) is 5.73 Å². The summed E-state index contributed by atoms with van der Waals surface area (Å²) in [6, 6.07) is 11.2. The van der Waals surface area contributed by atoms with Gasteiger partial charge in [0.1, 0.15) is 11.6 Å². The molecule has 2 amide bonds. The molecule has 1 aliphatic rings. The number of piperazine rings is 1. The van der Waals surface area contributed by atoms with Crippen LogP contribution in [0.4, 0.5) is 5.69 Å². The Morgan fingerprint density at radius 2 is 1.81 bits per heavy atom. The van der Waals surface area contributed by atoms with Crippen LogP contribution >= 0.6 is 0 Å². The highest BCUT2D eigenvalue weighted by atomic mass is 16.5. The van der Waals surface area contributed by atoms with E-state index < -0.39 is 5.91 Å². The van der Waals surface area contributed by atoms with Crippen LogP contribution in [0.1, 0.15) is 27.3 Å². The lowest BCUT2D eigenvalue weighted by atomic mass is 10.1. The molecule has 2 heterocycles. The minimum atomic E-state index is -0.456. The summed E-state index contributed by atoms with van der Waals surface area (Å²) in [5, 5.41) is 9.66. The third kappa shape index (κ3) is 5.01. The molecule has 168 valence electrons. The first-order valence-corrected chi connectivity index (χ1v) is 10.6. The van der Waals surface area contributed by atoms with E-state index in [0.717, 1.165) is 29.2 Å². The van der Waals surface area contributed by atoms with E-state index in [-0.39, 0.29) is 11.5 Å². The van der Waals surface area contributed by atoms with Crippen LogP contribution in [0.15, 0.2) is 35.9 Å². The lowest BCUT2D eigenvalue weighted by Gasteiger charge is -2.36. The fourth-order valence-electron chi connectivity index (χ4n) is 3.97. The number of hydrogen-bond donors (Lipinski definition) is 1. The van der Waals surface area contributed by atoms with Gasteiger partial charge in [-0.3, -0.25) is 9.59 Å². The second-order valence-electron chi connectivity index (χ2n) is 7.83. The molecule has 0 spiro atoms. The first kappa shape index (κ1) is 23.1. The molecule has 0 saturated carbocycles. The Morgan fingerprint density at radius 1 is 1.16 bits per heavy atom. The molecule has 1 aromatic heterocycles. The number of primary amides is 1. The first-order chi connectivity index (χ1) is 15.3. The van der Waals surface area contributed by atoms with Crippen LogP contribution in [0.25, 0.3) is 6.08 Å². The minimum absolute atomic E-state index is 0.135. The molecule has 8 nitrogen and oxygen atoms in total. The summed E-state index contributed by atoms with van der Waals surface area (Å²) in [6.45, 7) is 7.63. The fourth-order valence-corrected chi connectivity index (χ4v) is 3.97. The highest BCUT2D eigenvalue weighted by molar-refractivity contribution is 6.02. The summed E-state index contributed by atoms with van der Waals surface area (Å²) in [5.41, 5.74) is 9.81. The largest absolute Gasteiger partial charge is 0.383 e. The number of nitrogens with zero attached hydrogens (tertiary/aromatic N) is 4. The Balaban J connectivity index is 1.68. The van der Waals surface area contributed by atoms with Crippen LogP contribution in [0.3, 0.4) is 0 Å². The normalized spacial score (nSPS) is 14.4. The molecule has 0 unspecified atom stereocenters. The molecule has 2 aromatic rings. The van der Waals surface area contributed by atoms with Gasteiger partial charge in [0.15, 0.2) is 0 Å². The maximum absolute atomic E-state index is 13.0. The maximum atomic E-state index is 13.0. The summed E-state index contributed by atoms with van der Waals surface area (Å²) in [6.07, 6.45) is 1.68. The Hall–Kier alpha value is -3.57. The number of benzene rings is 1. The highest BCUT2D eigenvalue weighted by Crippen LogP contribution is 2.21. The SMILES string of the molecule is COCCn1c(C)cc(/C=C(/C#N)C(=O)N2CCN(c3ccc(C(N)=O)cc3)CC2)c1C. The van der Waals surface area contributed by atoms with E-state index in [1.807, 2.05) is 32.0 Å². The molecule has 32 heavy (non-hydrogen) atoms. The van der Waals surface area contributed by atoms with Crippen molar-refractivity contribution in [2.45, 2.75) is 20.4 Å². The summed E-state index contributed by atoms with van der Waals surface area (Å²) in [7, 11) is 1.66. The van der Waals surface area contributed by atoms with Gasteiger partial charge in [-0.25, -0.2) is 0 Å². The molecule has 0 bridgehead atoms. The molecule has 2 N–H and O–H groups in total. The standard InChI is InChI=1S/C24H29N5O3/c1-17-14-20(18(2)29(17)12-13-32-3)15-21(16-25)24(31)28-10-8-27(9-11-28)22-6-4-19(5-7-22)23(26)30/h4-7,14-15H,8-13H2,1-3H3,(H2,26,30)/b21-15-. The van der Waals surface area contributed by atoms with E-state index in [4.69, 9.17) is 10.5 Å². The summed E-state index contributed by atoms with van der Waals surface area (Å²) >= 11 is 0. The predicted molar refractivity (Wildman–Crippen MR) is 123 cm³/mol. The van der Waals surface area contributed by atoms with Crippen molar-refractivity contribution in [1.82, 2.24) is 9.47 Å². The smallest absolute Gasteiger partial charge is 0.264 e. The van der Waals surface area contributed by atoms with Crippen LogP contribution in [0.5, 0.6) is 0 Å². The molecule has 1 aromatic carbocycles. The topological polar surface area (TPSA) is 105 Å². The molecular formula is C24H29N5O3. The fraction of sp³-hybridized carbons (Fsp3) is 0.375. The predicted octanol–water partition coefficient (Wildman–Crippen LogP) is 2.11. The van der Waals surface area contributed by atoms with Gasteiger partial charge >= 0.3 is 0 Å². The number of amides is 2. The lowest BCUT2D eigenvalue weighted by Crippen LogP contribution is -2.49. The molecular weight excluding hydrogens is 406 g/mol. The molecule has 0 radical (unpaired) electrons. The van der Waals surface area contributed by atoms with Gasteiger partial charge in [0.05, 0.1) is 6.61 Å². The lowest BCUT2D eigenvalue weighted by molar-refractivity contribution is -0.126. The van der Waals surface area contributed by atoms with Crippen molar-refractivity contribution in [3.05, 3.63) is 58.4 Å². The van der Waals surface area contributed by atoms with Gasteiger partial charge in [-0.05, 0) is 55.8 Å². The van der Waals surface area contributed by atoms with Crippen LogP contribution in [-0.4, -0.2) is 61.2 Å². The summed E-state index contributed by atoms with van der Waals surface area (Å²) in [4.78, 5) is 28.1. The van der Waals surface area contributed by atoms with Gasteiger partial charge in [0.25, 0.3) is 5.91 Å². The number of nitrogens with two attached hydrogens (primary N) is 1. The number of carbonyl (C=O) groups is 2. The number of aryl methyl sites for hydroxylation is 1. The Bertz CT molecular complexity index is 1050. The highest BCUT2D eigenvalue weighted by Gasteiger charge is 2.24. The van der Waals surface area contributed by atoms with Crippen molar-refractivity contribution < 1.29 is 14.3 Å². The van der Waals surface area contributed by atoms with E-state index in [0.29, 0.717) is 38.3 Å². The maximum Gasteiger partial charge on any atom is 0.264 e. The molecule has 3 rings (SSSR count). The van der Waals surface area contributed by atoms with Gasteiger partial charge in [0.2, 0.25) is 5.91 Å². The number of ether oxygens (including phenoxy) is 1. The quantitative estimate of drug-likeness (QED) is 0.530. The average Bonchev–Trinajstić information content (AvgIpc) is 3.07.